The minimum Gasteiger partial charge on any atom is -0.489 e. The molecular formula is C15H18ClNO. The largest absolute Gasteiger partial charge is 0.489 e. The molecule has 0 aliphatic rings. The molecule has 0 bridgehead atoms. The number of benzene rings is 2. The standard InChI is InChI=1S/C15H17NO.ClH/c1-12-3-2-4-14(9-12)11-17-15-7-5-13(10-16)6-8-15;/h2-9H,10-11,16H2,1H3;1H. The van der Waals surface area contributed by atoms with E-state index in [0.29, 0.717) is 13.2 Å². The van der Waals surface area contributed by atoms with Crippen molar-refractivity contribution >= 4 is 12.4 Å². The van der Waals surface area contributed by atoms with E-state index in [9.17, 15) is 0 Å². The number of nitrogens with two attached hydrogens (primary N) is 1. The summed E-state index contributed by atoms with van der Waals surface area (Å²) < 4.78 is 5.71. The Balaban J connectivity index is 0.00000162. The zero-order valence-electron chi connectivity index (χ0n) is 10.4. The van der Waals surface area contributed by atoms with Crippen LogP contribution in [0.3, 0.4) is 0 Å². The van der Waals surface area contributed by atoms with Crippen molar-refractivity contribution in [2.45, 2.75) is 20.1 Å². The highest BCUT2D eigenvalue weighted by Gasteiger charge is 1.96. The van der Waals surface area contributed by atoms with Gasteiger partial charge < -0.3 is 10.5 Å². The van der Waals surface area contributed by atoms with Gasteiger partial charge in [-0.2, -0.15) is 0 Å². The van der Waals surface area contributed by atoms with Crippen LogP contribution in [0, 0.1) is 6.92 Å². The molecule has 0 aromatic heterocycles. The van der Waals surface area contributed by atoms with Crippen LogP contribution in [0.5, 0.6) is 5.75 Å². The lowest BCUT2D eigenvalue weighted by atomic mass is 10.1. The van der Waals surface area contributed by atoms with Crippen LogP contribution in [0.15, 0.2) is 48.5 Å². The summed E-state index contributed by atoms with van der Waals surface area (Å²) in [6, 6.07) is 16.2. The predicted molar refractivity (Wildman–Crippen MR) is 77.1 cm³/mol. The molecule has 0 saturated carbocycles. The minimum atomic E-state index is 0. The van der Waals surface area contributed by atoms with Crippen molar-refractivity contribution < 1.29 is 4.74 Å². The first kappa shape index (κ1) is 14.6. The Hall–Kier alpha value is -1.51. The highest BCUT2D eigenvalue weighted by Crippen LogP contribution is 2.14. The average Bonchev–Trinajstić information content (AvgIpc) is 2.37. The van der Waals surface area contributed by atoms with Gasteiger partial charge in [-0.1, -0.05) is 42.0 Å². The molecule has 0 atom stereocenters. The topological polar surface area (TPSA) is 35.2 Å². The van der Waals surface area contributed by atoms with Gasteiger partial charge in [-0.15, -0.1) is 12.4 Å². The van der Waals surface area contributed by atoms with Crippen LogP contribution >= 0.6 is 12.4 Å². The number of hydrogen-bond acceptors (Lipinski definition) is 2. The molecule has 0 saturated heterocycles. The Bertz CT molecular complexity index is 482. The van der Waals surface area contributed by atoms with E-state index in [0.717, 1.165) is 11.3 Å². The molecule has 0 heterocycles. The van der Waals surface area contributed by atoms with Crippen molar-refractivity contribution in [1.29, 1.82) is 0 Å². The molecule has 2 aromatic rings. The second-order valence-electron chi connectivity index (χ2n) is 4.13. The molecule has 0 fully saturated rings. The van der Waals surface area contributed by atoms with Crippen LogP contribution in [0.4, 0.5) is 0 Å². The van der Waals surface area contributed by atoms with Crippen LogP contribution in [0.2, 0.25) is 0 Å². The number of rotatable bonds is 4. The minimum absolute atomic E-state index is 0. The van der Waals surface area contributed by atoms with Gasteiger partial charge in [-0.3, -0.25) is 0 Å². The van der Waals surface area contributed by atoms with Crippen molar-refractivity contribution in [3.8, 4) is 5.75 Å². The van der Waals surface area contributed by atoms with Gasteiger partial charge in [0.25, 0.3) is 0 Å². The molecule has 2 rings (SSSR count). The summed E-state index contributed by atoms with van der Waals surface area (Å²) in [6.45, 7) is 3.25. The van der Waals surface area contributed by atoms with E-state index in [1.807, 2.05) is 30.3 Å². The van der Waals surface area contributed by atoms with Gasteiger partial charge in [0.1, 0.15) is 12.4 Å². The van der Waals surface area contributed by atoms with Crippen molar-refractivity contribution in [3.05, 3.63) is 65.2 Å². The molecule has 0 aliphatic carbocycles. The second kappa shape index (κ2) is 7.04. The molecule has 96 valence electrons. The number of hydrogen-bond donors (Lipinski definition) is 1. The van der Waals surface area contributed by atoms with E-state index in [2.05, 4.69) is 25.1 Å². The maximum atomic E-state index is 5.71. The highest BCUT2D eigenvalue weighted by molar-refractivity contribution is 5.85. The third kappa shape index (κ3) is 4.06. The Kier molecular flexibility index (Phi) is 5.69. The third-order valence-corrected chi connectivity index (χ3v) is 2.65. The molecule has 18 heavy (non-hydrogen) atoms. The lowest BCUT2D eigenvalue weighted by molar-refractivity contribution is 0.306. The maximum Gasteiger partial charge on any atom is 0.119 e. The molecule has 0 unspecified atom stereocenters. The molecule has 0 spiro atoms. The fourth-order valence-electron chi connectivity index (χ4n) is 1.69. The summed E-state index contributed by atoms with van der Waals surface area (Å²) in [6.07, 6.45) is 0. The third-order valence-electron chi connectivity index (χ3n) is 2.65. The molecule has 0 amide bonds. The monoisotopic (exact) mass is 263 g/mol. The van der Waals surface area contributed by atoms with E-state index in [4.69, 9.17) is 10.5 Å². The first-order chi connectivity index (χ1) is 8.28. The summed E-state index contributed by atoms with van der Waals surface area (Å²) in [5, 5.41) is 0. The van der Waals surface area contributed by atoms with Crippen LogP contribution in [0.1, 0.15) is 16.7 Å². The first-order valence-corrected chi connectivity index (χ1v) is 5.75. The fourth-order valence-corrected chi connectivity index (χ4v) is 1.69. The molecule has 2 nitrogen and oxygen atoms in total. The maximum absolute atomic E-state index is 5.71. The Morgan fingerprint density at radius 3 is 2.33 bits per heavy atom. The highest BCUT2D eigenvalue weighted by atomic mass is 35.5. The van der Waals surface area contributed by atoms with E-state index in [1.54, 1.807) is 0 Å². The molecule has 0 aliphatic heterocycles. The Morgan fingerprint density at radius 2 is 1.72 bits per heavy atom. The van der Waals surface area contributed by atoms with Gasteiger partial charge in [0.05, 0.1) is 0 Å². The zero-order valence-corrected chi connectivity index (χ0v) is 11.2. The quantitative estimate of drug-likeness (QED) is 0.917. The lowest BCUT2D eigenvalue weighted by Crippen LogP contribution is -1.98. The number of halogens is 1. The van der Waals surface area contributed by atoms with E-state index in [-0.39, 0.29) is 12.4 Å². The molecule has 2 aromatic carbocycles. The summed E-state index contributed by atoms with van der Waals surface area (Å²) in [4.78, 5) is 0. The summed E-state index contributed by atoms with van der Waals surface area (Å²) in [7, 11) is 0. The van der Waals surface area contributed by atoms with Crippen LogP contribution < -0.4 is 10.5 Å². The summed E-state index contributed by atoms with van der Waals surface area (Å²) >= 11 is 0. The van der Waals surface area contributed by atoms with Crippen LogP contribution in [-0.2, 0) is 13.2 Å². The van der Waals surface area contributed by atoms with Crippen LogP contribution in [0.25, 0.3) is 0 Å². The van der Waals surface area contributed by atoms with Gasteiger partial charge in [0.15, 0.2) is 0 Å². The van der Waals surface area contributed by atoms with Gasteiger partial charge >= 0.3 is 0 Å². The van der Waals surface area contributed by atoms with E-state index >= 15 is 0 Å². The lowest BCUT2D eigenvalue weighted by Gasteiger charge is -2.07. The fraction of sp³-hybridized carbons (Fsp3) is 0.200. The molecule has 0 radical (unpaired) electrons. The summed E-state index contributed by atoms with van der Waals surface area (Å²) in [5.74, 6) is 0.878. The van der Waals surface area contributed by atoms with E-state index < -0.39 is 0 Å². The Labute approximate surface area is 114 Å². The molecular weight excluding hydrogens is 246 g/mol. The van der Waals surface area contributed by atoms with Crippen molar-refractivity contribution in [1.82, 2.24) is 0 Å². The normalized spacial score (nSPS) is 9.67. The first-order valence-electron chi connectivity index (χ1n) is 5.75. The number of ether oxygens (including phenoxy) is 1. The predicted octanol–water partition coefficient (Wildman–Crippen LogP) is 3.45. The summed E-state index contributed by atoms with van der Waals surface area (Å²) in [5.41, 5.74) is 9.10. The smallest absolute Gasteiger partial charge is 0.119 e. The van der Waals surface area contributed by atoms with Crippen molar-refractivity contribution in [2.24, 2.45) is 5.73 Å². The van der Waals surface area contributed by atoms with Gasteiger partial charge in [-0.05, 0) is 30.2 Å². The van der Waals surface area contributed by atoms with E-state index in [1.165, 1.54) is 11.1 Å². The van der Waals surface area contributed by atoms with Crippen LogP contribution in [-0.4, -0.2) is 0 Å². The van der Waals surface area contributed by atoms with Gasteiger partial charge in [-0.25, -0.2) is 0 Å². The van der Waals surface area contributed by atoms with Crippen molar-refractivity contribution in [2.75, 3.05) is 0 Å². The Morgan fingerprint density at radius 1 is 1.00 bits per heavy atom. The molecule has 3 heteroatoms. The van der Waals surface area contributed by atoms with Gasteiger partial charge in [0, 0.05) is 6.54 Å². The van der Waals surface area contributed by atoms with Crippen molar-refractivity contribution in [3.63, 3.8) is 0 Å². The molecule has 2 N–H and O–H groups in total. The SMILES string of the molecule is Cc1cccc(COc2ccc(CN)cc2)c1.Cl. The average molecular weight is 264 g/mol. The number of aryl methyl sites for hydroxylation is 1. The zero-order chi connectivity index (χ0) is 12.1. The second-order valence-corrected chi connectivity index (χ2v) is 4.13. The van der Waals surface area contributed by atoms with Gasteiger partial charge in [0.2, 0.25) is 0 Å².